The standard InChI is InChI=1S/C22H20N2O2/c1-13-12-24-21-18(26-3)11-10-17(25-2)20(21)23-22(24)16-9-8-14-6-4-5-7-15(14)19(13)16/h4-11,13H,12H2,1-3H3. The van der Waals surface area contributed by atoms with Crippen LogP contribution in [0.25, 0.3) is 33.2 Å². The first kappa shape index (κ1) is 15.3. The number of imidazole rings is 1. The summed E-state index contributed by atoms with van der Waals surface area (Å²) in [6, 6.07) is 16.8. The van der Waals surface area contributed by atoms with Crippen LogP contribution in [0.2, 0.25) is 0 Å². The number of ether oxygens (including phenoxy) is 2. The average Bonchev–Trinajstić information content (AvgIpc) is 3.06. The molecule has 1 aromatic heterocycles. The zero-order valence-corrected chi connectivity index (χ0v) is 15.1. The largest absolute Gasteiger partial charge is 0.494 e. The van der Waals surface area contributed by atoms with E-state index in [-0.39, 0.29) is 0 Å². The maximum Gasteiger partial charge on any atom is 0.146 e. The average molecular weight is 344 g/mol. The molecule has 1 atom stereocenters. The van der Waals surface area contributed by atoms with Gasteiger partial charge >= 0.3 is 0 Å². The third kappa shape index (κ3) is 1.93. The van der Waals surface area contributed by atoms with Gasteiger partial charge in [0.15, 0.2) is 0 Å². The van der Waals surface area contributed by atoms with Crippen molar-refractivity contribution in [2.24, 2.45) is 0 Å². The van der Waals surface area contributed by atoms with Gasteiger partial charge < -0.3 is 14.0 Å². The Morgan fingerprint density at radius 2 is 1.73 bits per heavy atom. The molecule has 26 heavy (non-hydrogen) atoms. The summed E-state index contributed by atoms with van der Waals surface area (Å²) in [5.74, 6) is 2.98. The van der Waals surface area contributed by atoms with E-state index < -0.39 is 0 Å². The Labute approximate surface area is 152 Å². The van der Waals surface area contributed by atoms with Gasteiger partial charge in [-0.25, -0.2) is 4.98 Å². The number of rotatable bonds is 2. The highest BCUT2D eigenvalue weighted by Gasteiger charge is 2.28. The van der Waals surface area contributed by atoms with Gasteiger partial charge in [0.2, 0.25) is 0 Å². The van der Waals surface area contributed by atoms with Gasteiger partial charge in [-0.3, -0.25) is 0 Å². The lowest BCUT2D eigenvalue weighted by Gasteiger charge is -2.26. The Morgan fingerprint density at radius 1 is 0.962 bits per heavy atom. The summed E-state index contributed by atoms with van der Waals surface area (Å²) < 4.78 is 13.5. The molecule has 0 aliphatic carbocycles. The number of hydrogen-bond donors (Lipinski definition) is 0. The molecule has 4 nitrogen and oxygen atoms in total. The van der Waals surface area contributed by atoms with Crippen LogP contribution in [0.4, 0.5) is 0 Å². The summed E-state index contributed by atoms with van der Waals surface area (Å²) in [6.07, 6.45) is 0. The smallest absolute Gasteiger partial charge is 0.146 e. The fourth-order valence-corrected chi connectivity index (χ4v) is 4.28. The van der Waals surface area contributed by atoms with E-state index >= 15 is 0 Å². The first-order valence-electron chi connectivity index (χ1n) is 8.86. The molecule has 5 rings (SSSR count). The van der Waals surface area contributed by atoms with Crippen molar-refractivity contribution in [1.29, 1.82) is 0 Å². The van der Waals surface area contributed by atoms with E-state index in [1.54, 1.807) is 14.2 Å². The van der Waals surface area contributed by atoms with E-state index in [0.717, 1.165) is 34.9 Å². The highest BCUT2D eigenvalue weighted by molar-refractivity contribution is 5.96. The minimum atomic E-state index is 0.386. The minimum Gasteiger partial charge on any atom is -0.494 e. The lowest BCUT2D eigenvalue weighted by molar-refractivity contribution is 0.408. The molecule has 0 amide bonds. The molecule has 130 valence electrons. The van der Waals surface area contributed by atoms with E-state index in [1.807, 2.05) is 12.1 Å². The first-order valence-corrected chi connectivity index (χ1v) is 8.86. The molecule has 1 aliphatic heterocycles. The van der Waals surface area contributed by atoms with Crippen LogP contribution in [0.1, 0.15) is 18.4 Å². The van der Waals surface area contributed by atoms with Crippen LogP contribution >= 0.6 is 0 Å². The maximum absolute atomic E-state index is 5.63. The molecule has 1 unspecified atom stereocenters. The van der Waals surface area contributed by atoms with E-state index in [4.69, 9.17) is 14.5 Å². The van der Waals surface area contributed by atoms with Gasteiger partial charge in [-0.15, -0.1) is 0 Å². The molecule has 4 heteroatoms. The summed E-state index contributed by atoms with van der Waals surface area (Å²) in [6.45, 7) is 3.16. The summed E-state index contributed by atoms with van der Waals surface area (Å²) in [5.41, 5.74) is 4.44. The van der Waals surface area contributed by atoms with Gasteiger partial charge in [-0.2, -0.15) is 0 Å². The Balaban J connectivity index is 1.90. The topological polar surface area (TPSA) is 36.3 Å². The molecule has 3 aromatic carbocycles. The molecule has 2 heterocycles. The van der Waals surface area contributed by atoms with Gasteiger partial charge in [-0.1, -0.05) is 43.3 Å². The van der Waals surface area contributed by atoms with Crippen LogP contribution < -0.4 is 9.47 Å². The van der Waals surface area contributed by atoms with Crippen LogP contribution in [0.3, 0.4) is 0 Å². The molecule has 0 radical (unpaired) electrons. The number of aromatic nitrogens is 2. The van der Waals surface area contributed by atoms with Crippen LogP contribution in [-0.4, -0.2) is 23.8 Å². The number of nitrogens with zero attached hydrogens (tertiary/aromatic N) is 2. The van der Waals surface area contributed by atoms with Crippen molar-refractivity contribution in [1.82, 2.24) is 9.55 Å². The van der Waals surface area contributed by atoms with Crippen LogP contribution in [-0.2, 0) is 6.54 Å². The molecule has 0 spiro atoms. The number of fused-ring (bicyclic) bond motifs is 7. The second kappa shape index (κ2) is 5.49. The molecule has 0 saturated heterocycles. The number of methoxy groups -OCH3 is 2. The van der Waals surface area contributed by atoms with E-state index in [0.29, 0.717) is 5.92 Å². The summed E-state index contributed by atoms with van der Waals surface area (Å²) in [4.78, 5) is 4.97. The van der Waals surface area contributed by atoms with Crippen LogP contribution in [0.5, 0.6) is 11.5 Å². The molecule has 4 aromatic rings. The van der Waals surface area contributed by atoms with Crippen molar-refractivity contribution < 1.29 is 9.47 Å². The van der Waals surface area contributed by atoms with Gasteiger partial charge in [0.1, 0.15) is 28.4 Å². The predicted molar refractivity (Wildman–Crippen MR) is 104 cm³/mol. The van der Waals surface area contributed by atoms with Crippen molar-refractivity contribution in [3.05, 3.63) is 54.1 Å². The van der Waals surface area contributed by atoms with Crippen LogP contribution in [0, 0.1) is 0 Å². The third-order valence-electron chi connectivity index (χ3n) is 5.42. The van der Waals surface area contributed by atoms with Gasteiger partial charge in [0, 0.05) is 18.0 Å². The van der Waals surface area contributed by atoms with Gasteiger partial charge in [-0.05, 0) is 28.5 Å². The Hall–Kier alpha value is -3.01. The monoisotopic (exact) mass is 344 g/mol. The number of hydrogen-bond acceptors (Lipinski definition) is 3. The fourth-order valence-electron chi connectivity index (χ4n) is 4.28. The quantitative estimate of drug-likeness (QED) is 0.514. The SMILES string of the molecule is COc1ccc(OC)c2c1nc1n2CC(C)c2c-1ccc1ccccc21. The Bertz CT molecular complexity index is 1160. The van der Waals surface area contributed by atoms with Crippen LogP contribution in [0.15, 0.2) is 48.5 Å². The Morgan fingerprint density at radius 3 is 2.54 bits per heavy atom. The maximum atomic E-state index is 5.63. The summed E-state index contributed by atoms with van der Waals surface area (Å²) >= 11 is 0. The van der Waals surface area contributed by atoms with E-state index in [1.165, 1.54) is 21.9 Å². The van der Waals surface area contributed by atoms with Crippen molar-refractivity contribution in [3.63, 3.8) is 0 Å². The van der Waals surface area contributed by atoms with Crippen molar-refractivity contribution >= 4 is 21.8 Å². The number of benzene rings is 3. The predicted octanol–water partition coefficient (Wildman–Crippen LogP) is 4.99. The molecule has 0 bridgehead atoms. The molecular formula is C22H20N2O2. The highest BCUT2D eigenvalue weighted by atomic mass is 16.5. The normalized spacial score (nSPS) is 15.7. The van der Waals surface area contributed by atoms with E-state index in [9.17, 15) is 0 Å². The highest BCUT2D eigenvalue weighted by Crippen LogP contribution is 2.44. The van der Waals surface area contributed by atoms with Crippen molar-refractivity contribution in [2.75, 3.05) is 14.2 Å². The molecule has 0 fully saturated rings. The van der Waals surface area contributed by atoms with Crippen molar-refractivity contribution in [3.8, 4) is 22.9 Å². The zero-order valence-electron chi connectivity index (χ0n) is 15.1. The van der Waals surface area contributed by atoms with Gasteiger partial charge in [0.05, 0.1) is 14.2 Å². The lowest BCUT2D eigenvalue weighted by Crippen LogP contribution is -2.15. The second-order valence-electron chi connectivity index (χ2n) is 6.86. The van der Waals surface area contributed by atoms with E-state index in [2.05, 4.69) is 47.9 Å². The third-order valence-corrected chi connectivity index (χ3v) is 5.42. The lowest BCUT2D eigenvalue weighted by atomic mass is 9.87. The first-order chi connectivity index (χ1) is 12.7. The van der Waals surface area contributed by atoms with Crippen molar-refractivity contribution in [2.45, 2.75) is 19.4 Å². The molecular weight excluding hydrogens is 324 g/mol. The summed E-state index contributed by atoms with van der Waals surface area (Å²) in [5, 5.41) is 2.59. The zero-order chi connectivity index (χ0) is 17.8. The second-order valence-corrected chi connectivity index (χ2v) is 6.86. The molecule has 0 N–H and O–H groups in total. The summed E-state index contributed by atoms with van der Waals surface area (Å²) in [7, 11) is 3.39. The Kier molecular flexibility index (Phi) is 3.23. The molecule has 0 saturated carbocycles. The fraction of sp³-hybridized carbons (Fsp3) is 0.227. The molecule has 1 aliphatic rings. The van der Waals surface area contributed by atoms with Gasteiger partial charge in [0.25, 0.3) is 0 Å². The minimum absolute atomic E-state index is 0.386.